The Labute approximate surface area is 71.2 Å². The fraction of sp³-hybridized carbons (Fsp3) is 0.556. The number of aliphatic hydroxyl groups excluding tert-OH is 1. The molecule has 0 radical (unpaired) electrons. The van der Waals surface area contributed by atoms with Gasteiger partial charge in [-0.1, -0.05) is 6.92 Å². The largest absolute Gasteiger partial charge is 0.467 e. The van der Waals surface area contributed by atoms with Crippen molar-refractivity contribution in [2.75, 3.05) is 6.61 Å². The van der Waals surface area contributed by atoms with Gasteiger partial charge in [-0.05, 0) is 24.0 Å². The molecule has 0 spiro atoms. The Kier molecular flexibility index (Phi) is 1.53. The van der Waals surface area contributed by atoms with E-state index in [-0.39, 0.29) is 12.5 Å². The third-order valence-corrected chi connectivity index (χ3v) is 2.84. The molecule has 1 aliphatic carbocycles. The van der Waals surface area contributed by atoms with Crippen LogP contribution in [0.15, 0.2) is 16.7 Å². The van der Waals surface area contributed by atoms with Gasteiger partial charge in [-0.25, -0.2) is 0 Å². The summed E-state index contributed by atoms with van der Waals surface area (Å²) in [5, 5.41) is 9.18. The number of hydrogen-bond donors (Lipinski definition) is 2. The molecule has 1 aromatic rings. The summed E-state index contributed by atoms with van der Waals surface area (Å²) in [4.78, 5) is 0. The van der Waals surface area contributed by atoms with Crippen LogP contribution in [0.4, 0.5) is 0 Å². The monoisotopic (exact) mass is 167 g/mol. The maximum absolute atomic E-state index is 9.18. The van der Waals surface area contributed by atoms with E-state index in [9.17, 15) is 5.11 Å². The van der Waals surface area contributed by atoms with E-state index >= 15 is 0 Å². The molecule has 3 heteroatoms. The van der Waals surface area contributed by atoms with Crippen molar-refractivity contribution in [3.8, 4) is 0 Å². The average molecular weight is 167 g/mol. The standard InChI is InChI=1S/C9H13NO2/c1-6-4-7-2-3-12-8(7)9(6,10)5-11/h2-3,6,11H,4-5,10H2,1H3. The first-order chi connectivity index (χ1) is 5.68. The lowest BCUT2D eigenvalue weighted by molar-refractivity contribution is 0.139. The van der Waals surface area contributed by atoms with E-state index in [1.165, 1.54) is 0 Å². The van der Waals surface area contributed by atoms with Crippen LogP contribution in [0, 0.1) is 5.92 Å². The lowest BCUT2D eigenvalue weighted by atomic mass is 9.90. The van der Waals surface area contributed by atoms with Crippen LogP contribution in [0.3, 0.4) is 0 Å². The molecule has 0 bridgehead atoms. The highest BCUT2D eigenvalue weighted by Gasteiger charge is 2.43. The maximum Gasteiger partial charge on any atom is 0.129 e. The molecule has 0 fully saturated rings. The van der Waals surface area contributed by atoms with Crippen LogP contribution in [-0.2, 0) is 12.0 Å². The molecular formula is C9H13NO2. The molecule has 3 nitrogen and oxygen atoms in total. The first kappa shape index (κ1) is 7.83. The van der Waals surface area contributed by atoms with Crippen molar-refractivity contribution in [1.82, 2.24) is 0 Å². The van der Waals surface area contributed by atoms with E-state index in [0.29, 0.717) is 0 Å². The predicted molar refractivity (Wildman–Crippen MR) is 44.5 cm³/mol. The Morgan fingerprint density at radius 3 is 3.25 bits per heavy atom. The molecule has 3 N–H and O–H groups in total. The van der Waals surface area contributed by atoms with Gasteiger partial charge in [-0.15, -0.1) is 0 Å². The van der Waals surface area contributed by atoms with Gasteiger partial charge in [0, 0.05) is 0 Å². The van der Waals surface area contributed by atoms with Crippen LogP contribution in [0.2, 0.25) is 0 Å². The third-order valence-electron chi connectivity index (χ3n) is 2.84. The second-order valence-electron chi connectivity index (χ2n) is 3.58. The summed E-state index contributed by atoms with van der Waals surface area (Å²) >= 11 is 0. The Bertz CT molecular complexity index is 294. The molecule has 12 heavy (non-hydrogen) atoms. The SMILES string of the molecule is CC1Cc2ccoc2C1(N)CO. The zero-order chi connectivity index (χ0) is 8.77. The van der Waals surface area contributed by atoms with Crippen LogP contribution >= 0.6 is 0 Å². The van der Waals surface area contributed by atoms with E-state index in [4.69, 9.17) is 10.2 Å². The van der Waals surface area contributed by atoms with Gasteiger partial charge in [0.1, 0.15) is 11.3 Å². The number of nitrogens with two attached hydrogens (primary N) is 1. The van der Waals surface area contributed by atoms with Crippen LogP contribution in [-0.4, -0.2) is 11.7 Å². The van der Waals surface area contributed by atoms with Crippen molar-refractivity contribution in [2.24, 2.45) is 11.7 Å². The lowest BCUT2D eigenvalue weighted by Gasteiger charge is -2.25. The summed E-state index contributed by atoms with van der Waals surface area (Å²) in [6.07, 6.45) is 2.54. The van der Waals surface area contributed by atoms with Crippen LogP contribution < -0.4 is 5.73 Å². The van der Waals surface area contributed by atoms with Crippen molar-refractivity contribution in [3.05, 3.63) is 23.7 Å². The minimum atomic E-state index is -0.654. The summed E-state index contributed by atoms with van der Waals surface area (Å²) < 4.78 is 5.27. The third kappa shape index (κ3) is 0.778. The number of furan rings is 1. The Morgan fingerprint density at radius 1 is 1.83 bits per heavy atom. The van der Waals surface area contributed by atoms with Crippen LogP contribution in [0.25, 0.3) is 0 Å². The van der Waals surface area contributed by atoms with Crippen molar-refractivity contribution in [1.29, 1.82) is 0 Å². The van der Waals surface area contributed by atoms with Gasteiger partial charge in [0.05, 0.1) is 12.9 Å². The molecule has 66 valence electrons. The van der Waals surface area contributed by atoms with Gasteiger partial charge in [0.2, 0.25) is 0 Å². The smallest absolute Gasteiger partial charge is 0.129 e. The summed E-state index contributed by atoms with van der Waals surface area (Å²) in [6, 6.07) is 1.93. The Morgan fingerprint density at radius 2 is 2.58 bits per heavy atom. The zero-order valence-corrected chi connectivity index (χ0v) is 7.08. The van der Waals surface area contributed by atoms with Gasteiger partial charge < -0.3 is 15.3 Å². The van der Waals surface area contributed by atoms with E-state index in [1.807, 2.05) is 13.0 Å². The summed E-state index contributed by atoms with van der Waals surface area (Å²) in [6.45, 7) is 1.99. The Hall–Kier alpha value is -0.800. The topological polar surface area (TPSA) is 59.4 Å². The molecule has 1 heterocycles. The van der Waals surface area contributed by atoms with Gasteiger partial charge in [-0.2, -0.15) is 0 Å². The van der Waals surface area contributed by atoms with Gasteiger partial charge in [0.15, 0.2) is 0 Å². The number of aliphatic hydroxyl groups is 1. The summed E-state index contributed by atoms with van der Waals surface area (Å²) in [5.74, 6) is 1.02. The van der Waals surface area contributed by atoms with E-state index in [2.05, 4.69) is 0 Å². The van der Waals surface area contributed by atoms with Crippen molar-refractivity contribution in [2.45, 2.75) is 18.9 Å². The van der Waals surface area contributed by atoms with Gasteiger partial charge in [0.25, 0.3) is 0 Å². The highest BCUT2D eigenvalue weighted by atomic mass is 16.3. The van der Waals surface area contributed by atoms with E-state index in [0.717, 1.165) is 17.7 Å². The first-order valence-corrected chi connectivity index (χ1v) is 4.15. The average Bonchev–Trinajstić information content (AvgIpc) is 2.57. The maximum atomic E-state index is 9.18. The zero-order valence-electron chi connectivity index (χ0n) is 7.08. The summed E-state index contributed by atoms with van der Waals surface area (Å²) in [5.41, 5.74) is 6.50. The second-order valence-corrected chi connectivity index (χ2v) is 3.58. The van der Waals surface area contributed by atoms with Crippen LogP contribution in [0.1, 0.15) is 18.2 Å². The second kappa shape index (κ2) is 2.34. The molecule has 1 aromatic heterocycles. The highest BCUT2D eigenvalue weighted by Crippen LogP contribution is 2.39. The van der Waals surface area contributed by atoms with Gasteiger partial charge >= 0.3 is 0 Å². The van der Waals surface area contributed by atoms with Crippen molar-refractivity contribution >= 4 is 0 Å². The number of rotatable bonds is 1. The first-order valence-electron chi connectivity index (χ1n) is 4.15. The fourth-order valence-corrected chi connectivity index (χ4v) is 1.87. The van der Waals surface area contributed by atoms with E-state index in [1.54, 1.807) is 6.26 Å². The summed E-state index contributed by atoms with van der Waals surface area (Å²) in [7, 11) is 0. The predicted octanol–water partition coefficient (Wildman–Crippen LogP) is 0.618. The molecule has 2 atom stereocenters. The minimum Gasteiger partial charge on any atom is -0.467 e. The molecule has 0 saturated carbocycles. The molecular weight excluding hydrogens is 154 g/mol. The molecule has 0 aliphatic heterocycles. The van der Waals surface area contributed by atoms with Crippen molar-refractivity contribution < 1.29 is 9.52 Å². The molecule has 1 aliphatic rings. The fourth-order valence-electron chi connectivity index (χ4n) is 1.87. The highest BCUT2D eigenvalue weighted by molar-refractivity contribution is 5.32. The van der Waals surface area contributed by atoms with Crippen molar-refractivity contribution in [3.63, 3.8) is 0 Å². The van der Waals surface area contributed by atoms with Gasteiger partial charge in [-0.3, -0.25) is 0 Å². The minimum absolute atomic E-state index is 0.0469. The number of hydrogen-bond acceptors (Lipinski definition) is 3. The normalized spacial score (nSPS) is 33.8. The molecule has 0 saturated heterocycles. The molecule has 0 aromatic carbocycles. The quantitative estimate of drug-likeness (QED) is 0.644. The molecule has 2 unspecified atom stereocenters. The molecule has 0 amide bonds. The Balaban J connectivity index is 2.48. The number of fused-ring (bicyclic) bond motifs is 1. The van der Waals surface area contributed by atoms with Crippen LogP contribution in [0.5, 0.6) is 0 Å². The molecule has 2 rings (SSSR count). The van der Waals surface area contributed by atoms with E-state index < -0.39 is 5.54 Å². The lowest BCUT2D eigenvalue weighted by Crippen LogP contribution is -2.43.